The third-order valence-electron chi connectivity index (χ3n) is 2.50. The molecule has 2 unspecified atom stereocenters. The molecule has 2 heteroatoms. The average Bonchev–Trinajstić information content (AvgIpc) is 2.26. The Balaban J connectivity index is 2.54. The Hall–Kier alpha value is -0.630. The second-order valence-corrected chi connectivity index (χ2v) is 5.55. The van der Waals surface area contributed by atoms with Gasteiger partial charge in [0.2, 0.25) is 0 Å². The fraction of sp³-hybridized carbons (Fsp3) is 0.462. The van der Waals surface area contributed by atoms with Gasteiger partial charge in [-0.15, -0.1) is 0 Å². The minimum Gasteiger partial charge on any atom is -0.294 e. The highest BCUT2D eigenvalue weighted by molar-refractivity contribution is 9.09. The highest BCUT2D eigenvalue weighted by Crippen LogP contribution is 2.17. The number of hydrogen-bond donors (Lipinski definition) is 0. The number of carbonyl (C=O) groups is 1. The lowest BCUT2D eigenvalue weighted by Crippen LogP contribution is -2.12. The van der Waals surface area contributed by atoms with Gasteiger partial charge in [-0.1, -0.05) is 60.1 Å². The fourth-order valence-corrected chi connectivity index (χ4v) is 1.76. The van der Waals surface area contributed by atoms with E-state index in [9.17, 15) is 4.79 Å². The van der Waals surface area contributed by atoms with E-state index in [4.69, 9.17) is 0 Å². The first-order valence-electron chi connectivity index (χ1n) is 5.34. The summed E-state index contributed by atoms with van der Waals surface area (Å²) in [7, 11) is 0. The van der Waals surface area contributed by atoms with Gasteiger partial charge in [0.25, 0.3) is 0 Å². The number of halogens is 1. The predicted molar refractivity (Wildman–Crippen MR) is 67.6 cm³/mol. The summed E-state index contributed by atoms with van der Waals surface area (Å²) in [5.41, 5.74) is 0.826. The summed E-state index contributed by atoms with van der Waals surface area (Å²) in [5.74, 6) is 0.371. The van der Waals surface area contributed by atoms with Crippen molar-refractivity contribution in [2.75, 3.05) is 0 Å². The van der Waals surface area contributed by atoms with E-state index in [1.54, 1.807) is 0 Å². The van der Waals surface area contributed by atoms with Crippen LogP contribution < -0.4 is 0 Å². The van der Waals surface area contributed by atoms with Gasteiger partial charge in [0, 0.05) is 16.3 Å². The Morgan fingerprint density at radius 2 is 1.80 bits per heavy atom. The molecule has 0 saturated carbocycles. The van der Waals surface area contributed by atoms with Gasteiger partial charge in [-0.25, -0.2) is 0 Å². The van der Waals surface area contributed by atoms with Gasteiger partial charge in [0.05, 0.1) is 0 Å². The van der Waals surface area contributed by atoms with Crippen molar-refractivity contribution in [1.29, 1.82) is 0 Å². The van der Waals surface area contributed by atoms with Crippen LogP contribution in [0.1, 0.15) is 37.0 Å². The predicted octanol–water partition coefficient (Wildman–Crippen LogP) is 4.07. The molecule has 2 atom stereocenters. The van der Waals surface area contributed by atoms with Crippen LogP contribution in [-0.4, -0.2) is 10.6 Å². The lowest BCUT2D eigenvalue weighted by atomic mass is 9.95. The number of rotatable bonds is 5. The largest absolute Gasteiger partial charge is 0.294 e. The molecule has 0 aromatic heterocycles. The molecule has 1 rings (SSSR count). The Labute approximate surface area is 100 Å². The Bertz CT molecular complexity index is 306. The van der Waals surface area contributed by atoms with Crippen molar-refractivity contribution in [2.45, 2.75) is 31.5 Å². The third-order valence-corrected chi connectivity index (χ3v) is 2.96. The molecule has 0 aliphatic heterocycles. The SMILES string of the molecule is CC(Br)CCC(C)C(=O)c1ccccc1. The fourth-order valence-electron chi connectivity index (χ4n) is 1.50. The zero-order chi connectivity index (χ0) is 11.3. The molecule has 1 nitrogen and oxygen atoms in total. The van der Waals surface area contributed by atoms with E-state index in [1.165, 1.54) is 0 Å². The molecular formula is C13H17BrO. The van der Waals surface area contributed by atoms with Crippen molar-refractivity contribution in [3.8, 4) is 0 Å². The maximum atomic E-state index is 11.9. The van der Waals surface area contributed by atoms with Crippen LogP contribution in [0, 0.1) is 5.92 Å². The van der Waals surface area contributed by atoms with Crippen molar-refractivity contribution >= 4 is 21.7 Å². The van der Waals surface area contributed by atoms with E-state index in [2.05, 4.69) is 22.9 Å². The van der Waals surface area contributed by atoms with E-state index < -0.39 is 0 Å². The molecular weight excluding hydrogens is 252 g/mol. The smallest absolute Gasteiger partial charge is 0.165 e. The molecule has 0 N–H and O–H groups in total. The van der Waals surface area contributed by atoms with Gasteiger partial charge >= 0.3 is 0 Å². The van der Waals surface area contributed by atoms with E-state index in [1.807, 2.05) is 37.3 Å². The topological polar surface area (TPSA) is 17.1 Å². The van der Waals surface area contributed by atoms with Gasteiger partial charge in [-0.05, 0) is 12.8 Å². The van der Waals surface area contributed by atoms with E-state index in [0.717, 1.165) is 18.4 Å². The van der Waals surface area contributed by atoms with Crippen LogP contribution in [0.25, 0.3) is 0 Å². The normalized spacial score (nSPS) is 14.6. The van der Waals surface area contributed by atoms with Gasteiger partial charge in [0.15, 0.2) is 5.78 Å². The number of carbonyl (C=O) groups excluding carboxylic acids is 1. The average molecular weight is 269 g/mol. The first-order chi connectivity index (χ1) is 7.11. The quantitative estimate of drug-likeness (QED) is 0.581. The van der Waals surface area contributed by atoms with Gasteiger partial charge in [-0.3, -0.25) is 4.79 Å². The van der Waals surface area contributed by atoms with Crippen LogP contribution >= 0.6 is 15.9 Å². The molecule has 0 bridgehead atoms. The number of ketones is 1. The van der Waals surface area contributed by atoms with Gasteiger partial charge in [-0.2, -0.15) is 0 Å². The van der Waals surface area contributed by atoms with Gasteiger partial charge < -0.3 is 0 Å². The zero-order valence-corrected chi connectivity index (χ0v) is 10.8. The van der Waals surface area contributed by atoms with E-state index in [0.29, 0.717) is 4.83 Å². The molecule has 0 aliphatic rings. The summed E-state index contributed by atoms with van der Waals surface area (Å²) >= 11 is 3.50. The Morgan fingerprint density at radius 1 is 1.20 bits per heavy atom. The molecule has 0 aliphatic carbocycles. The number of alkyl halides is 1. The van der Waals surface area contributed by atoms with Crippen molar-refractivity contribution in [3.05, 3.63) is 35.9 Å². The molecule has 15 heavy (non-hydrogen) atoms. The summed E-state index contributed by atoms with van der Waals surface area (Å²) in [6, 6.07) is 9.52. The number of benzene rings is 1. The second-order valence-electron chi connectivity index (χ2n) is 3.99. The highest BCUT2D eigenvalue weighted by atomic mass is 79.9. The van der Waals surface area contributed by atoms with Crippen LogP contribution in [-0.2, 0) is 0 Å². The van der Waals surface area contributed by atoms with Crippen LogP contribution in [0.15, 0.2) is 30.3 Å². The van der Waals surface area contributed by atoms with Crippen LogP contribution in [0.5, 0.6) is 0 Å². The molecule has 0 saturated heterocycles. The van der Waals surface area contributed by atoms with Gasteiger partial charge in [0.1, 0.15) is 0 Å². The molecule has 0 heterocycles. The van der Waals surface area contributed by atoms with Crippen molar-refractivity contribution in [1.82, 2.24) is 0 Å². The Kier molecular flexibility index (Phi) is 5.03. The maximum Gasteiger partial charge on any atom is 0.165 e. The summed E-state index contributed by atoms with van der Waals surface area (Å²) in [4.78, 5) is 12.4. The molecule has 0 spiro atoms. The van der Waals surface area contributed by atoms with Crippen LogP contribution in [0.3, 0.4) is 0 Å². The molecule has 0 fully saturated rings. The third kappa shape index (κ3) is 4.17. The lowest BCUT2D eigenvalue weighted by Gasteiger charge is -2.11. The lowest BCUT2D eigenvalue weighted by molar-refractivity contribution is 0.0923. The number of hydrogen-bond acceptors (Lipinski definition) is 1. The molecule has 0 amide bonds. The van der Waals surface area contributed by atoms with Crippen molar-refractivity contribution < 1.29 is 4.79 Å². The monoisotopic (exact) mass is 268 g/mol. The van der Waals surface area contributed by atoms with Crippen molar-refractivity contribution in [3.63, 3.8) is 0 Å². The van der Waals surface area contributed by atoms with Crippen LogP contribution in [0.4, 0.5) is 0 Å². The van der Waals surface area contributed by atoms with Crippen LogP contribution in [0.2, 0.25) is 0 Å². The first kappa shape index (κ1) is 12.4. The minimum absolute atomic E-state index is 0.118. The minimum atomic E-state index is 0.118. The standard InChI is InChI=1S/C13H17BrO/c1-10(8-9-11(2)14)13(15)12-6-4-3-5-7-12/h3-7,10-11H,8-9H2,1-2H3. The first-order valence-corrected chi connectivity index (χ1v) is 6.26. The molecule has 1 aromatic carbocycles. The van der Waals surface area contributed by atoms with E-state index in [-0.39, 0.29) is 11.7 Å². The number of Topliss-reactive ketones (excluding diaryl/α,β-unsaturated/α-hetero) is 1. The Morgan fingerprint density at radius 3 is 2.33 bits per heavy atom. The molecule has 1 aromatic rings. The summed E-state index contributed by atoms with van der Waals surface area (Å²) in [5, 5.41) is 0. The van der Waals surface area contributed by atoms with E-state index >= 15 is 0 Å². The summed E-state index contributed by atoms with van der Waals surface area (Å²) < 4.78 is 0. The summed E-state index contributed by atoms with van der Waals surface area (Å²) in [6.07, 6.45) is 1.99. The second kappa shape index (κ2) is 6.06. The van der Waals surface area contributed by atoms with Crippen molar-refractivity contribution in [2.24, 2.45) is 5.92 Å². The zero-order valence-electron chi connectivity index (χ0n) is 9.24. The highest BCUT2D eigenvalue weighted by Gasteiger charge is 2.14. The molecule has 0 radical (unpaired) electrons. The summed E-state index contributed by atoms with van der Waals surface area (Å²) in [6.45, 7) is 4.12. The maximum absolute atomic E-state index is 11.9. The molecule has 82 valence electrons.